The van der Waals surface area contributed by atoms with Crippen LogP contribution in [0.4, 0.5) is 5.00 Å². The van der Waals surface area contributed by atoms with Gasteiger partial charge in [0.1, 0.15) is 0 Å². The lowest BCUT2D eigenvalue weighted by atomic mass is 9.57. The second-order valence-electron chi connectivity index (χ2n) is 9.03. The molecule has 0 amide bonds. The Labute approximate surface area is 168 Å². The van der Waals surface area contributed by atoms with Gasteiger partial charge >= 0.3 is 0 Å². The largest absolute Gasteiger partial charge is 0.371 e. The van der Waals surface area contributed by atoms with Crippen LogP contribution in [0.3, 0.4) is 0 Å². The molecule has 1 aliphatic heterocycles. The van der Waals surface area contributed by atoms with E-state index >= 15 is 0 Å². The van der Waals surface area contributed by atoms with E-state index in [1.54, 1.807) is 10.4 Å². The Bertz CT molecular complexity index is 720. The van der Waals surface area contributed by atoms with Crippen LogP contribution in [0, 0.1) is 11.3 Å². The summed E-state index contributed by atoms with van der Waals surface area (Å²) in [6, 6.07) is 2.37. The zero-order valence-electron chi connectivity index (χ0n) is 16.9. The molecule has 1 N–H and O–H groups in total. The third kappa shape index (κ3) is 4.02. The molecule has 2 fully saturated rings. The molecule has 0 unspecified atom stereocenters. The van der Waals surface area contributed by atoms with Gasteiger partial charge in [-0.2, -0.15) is 0 Å². The third-order valence-corrected chi connectivity index (χ3v) is 7.52. The Balaban J connectivity index is 1.22. The molecule has 4 heteroatoms. The molecule has 146 valence electrons. The van der Waals surface area contributed by atoms with Crippen molar-refractivity contribution >= 4 is 16.3 Å². The summed E-state index contributed by atoms with van der Waals surface area (Å²) in [6.07, 6.45) is 12.1. The van der Waals surface area contributed by atoms with Crippen molar-refractivity contribution in [1.29, 1.82) is 0 Å². The number of thiophene rings is 1. The van der Waals surface area contributed by atoms with Crippen molar-refractivity contribution in [3.63, 3.8) is 0 Å². The Morgan fingerprint density at radius 3 is 2.74 bits per heavy atom. The highest BCUT2D eigenvalue weighted by Crippen LogP contribution is 2.55. The topological polar surface area (TPSA) is 18.5 Å². The molecular weight excluding hydrogens is 350 g/mol. The molecule has 1 aromatic heterocycles. The summed E-state index contributed by atoms with van der Waals surface area (Å²) in [5.74, 6) is 0.629. The van der Waals surface area contributed by atoms with Crippen LogP contribution in [0.1, 0.15) is 36.1 Å². The molecule has 2 heterocycles. The van der Waals surface area contributed by atoms with Gasteiger partial charge in [0.15, 0.2) is 0 Å². The molecule has 27 heavy (non-hydrogen) atoms. The van der Waals surface area contributed by atoms with Gasteiger partial charge in [-0.1, -0.05) is 19.2 Å². The Hall–Kier alpha value is -1.52. The lowest BCUT2D eigenvalue weighted by Crippen LogP contribution is -2.61. The van der Waals surface area contributed by atoms with Crippen molar-refractivity contribution in [1.82, 2.24) is 9.80 Å². The number of hydrogen-bond acceptors (Lipinski definition) is 4. The van der Waals surface area contributed by atoms with Crippen LogP contribution < -0.4 is 5.32 Å². The van der Waals surface area contributed by atoms with Crippen molar-refractivity contribution in [3.05, 3.63) is 53.2 Å². The number of nitrogens with one attached hydrogen (secondary N) is 1. The predicted octanol–water partition coefficient (Wildman–Crippen LogP) is 4.90. The summed E-state index contributed by atoms with van der Waals surface area (Å²) >= 11 is 1.95. The van der Waals surface area contributed by atoms with Crippen LogP contribution in [-0.2, 0) is 12.8 Å². The number of rotatable bonds is 7. The molecule has 3 nitrogen and oxygen atoms in total. The minimum absolute atomic E-state index is 0.516. The zero-order chi connectivity index (χ0) is 19.0. The highest BCUT2D eigenvalue weighted by Gasteiger charge is 2.52. The van der Waals surface area contributed by atoms with Gasteiger partial charge in [0, 0.05) is 41.3 Å². The summed E-state index contributed by atoms with van der Waals surface area (Å²) in [4.78, 5) is 6.18. The van der Waals surface area contributed by atoms with E-state index in [1.807, 2.05) is 11.3 Å². The second-order valence-corrected chi connectivity index (χ2v) is 10.2. The summed E-state index contributed by atoms with van der Waals surface area (Å²) in [5.41, 5.74) is 4.47. The molecule has 1 spiro atoms. The number of likely N-dealkylation sites (tertiary alicyclic amines) is 1. The normalized spacial score (nSPS) is 21.2. The molecule has 1 saturated heterocycles. The Kier molecular flexibility index (Phi) is 5.21. The fraction of sp³-hybridized carbons (Fsp3) is 0.565. The van der Waals surface area contributed by atoms with Crippen molar-refractivity contribution in [3.8, 4) is 0 Å². The van der Waals surface area contributed by atoms with Crippen LogP contribution in [0.25, 0.3) is 0 Å². The number of anilines is 1. The van der Waals surface area contributed by atoms with Crippen LogP contribution in [-0.4, -0.2) is 43.5 Å². The van der Waals surface area contributed by atoms with E-state index in [0.29, 0.717) is 11.3 Å². The average molecular weight is 384 g/mol. The number of likely N-dealkylation sites (N-methyl/N-ethyl adjacent to an activating group) is 1. The molecule has 3 aliphatic rings. The fourth-order valence-electron chi connectivity index (χ4n) is 4.77. The smallest absolute Gasteiger partial charge is 0.0929 e. The number of allylic oxidation sites excluding steroid dienone is 2. The molecule has 0 aromatic carbocycles. The third-order valence-electron chi connectivity index (χ3n) is 6.37. The first-order chi connectivity index (χ1) is 12.9. The Morgan fingerprint density at radius 1 is 1.30 bits per heavy atom. The first kappa shape index (κ1) is 18.8. The van der Waals surface area contributed by atoms with Crippen LogP contribution in [0.5, 0.6) is 0 Å². The van der Waals surface area contributed by atoms with E-state index in [9.17, 15) is 0 Å². The fourth-order valence-corrected chi connectivity index (χ4v) is 5.96. The molecule has 0 bridgehead atoms. The van der Waals surface area contributed by atoms with Crippen molar-refractivity contribution in [2.24, 2.45) is 11.3 Å². The maximum atomic E-state index is 4.36. The van der Waals surface area contributed by atoms with Gasteiger partial charge in [-0.3, -0.25) is 0 Å². The zero-order valence-corrected chi connectivity index (χ0v) is 17.7. The second kappa shape index (κ2) is 7.48. The number of nitrogens with zero attached hydrogens (tertiary/aromatic N) is 2. The van der Waals surface area contributed by atoms with Gasteiger partial charge in [0.2, 0.25) is 0 Å². The average Bonchev–Trinajstić information content (AvgIpc) is 2.93. The molecule has 0 radical (unpaired) electrons. The maximum Gasteiger partial charge on any atom is 0.0929 e. The summed E-state index contributed by atoms with van der Waals surface area (Å²) < 4.78 is 0. The predicted molar refractivity (Wildman–Crippen MR) is 117 cm³/mol. The van der Waals surface area contributed by atoms with E-state index in [1.165, 1.54) is 49.2 Å². The standard InChI is InChI=1S/C23H33N3S/c1-17(8-7-11-25(3)4)26-15-23(16-26)13-20(14-23)18(2)24-22-12-19-9-5-6-10-21(19)27-22/h7-8,12,20,24H,1-2,5-6,9-11,13-16H2,3-4H3/b8-7+. The minimum Gasteiger partial charge on any atom is -0.371 e. The first-order valence-corrected chi connectivity index (χ1v) is 11.1. The molecule has 1 aromatic rings. The van der Waals surface area contributed by atoms with Gasteiger partial charge < -0.3 is 15.1 Å². The molecule has 0 atom stereocenters. The highest BCUT2D eigenvalue weighted by atomic mass is 32.1. The lowest BCUT2D eigenvalue weighted by molar-refractivity contribution is -0.0635. The van der Waals surface area contributed by atoms with Gasteiger partial charge in [-0.15, -0.1) is 11.3 Å². The van der Waals surface area contributed by atoms with Crippen LogP contribution in [0.15, 0.2) is 42.8 Å². The van der Waals surface area contributed by atoms with E-state index in [0.717, 1.165) is 25.3 Å². The SMILES string of the molecule is C=C(Nc1cc2c(s1)CCCC2)C1CC2(C1)CN(C(=C)/C=C/CN(C)C)C2. The summed E-state index contributed by atoms with van der Waals surface area (Å²) in [5, 5.41) is 4.94. The van der Waals surface area contributed by atoms with Gasteiger partial charge in [-0.05, 0) is 76.2 Å². The number of hydrogen-bond donors (Lipinski definition) is 1. The molecule has 1 saturated carbocycles. The van der Waals surface area contributed by atoms with Gasteiger partial charge in [-0.25, -0.2) is 0 Å². The summed E-state index contributed by atoms with van der Waals surface area (Å²) in [6.45, 7) is 11.9. The number of fused-ring (bicyclic) bond motifs is 1. The van der Waals surface area contributed by atoms with Crippen LogP contribution >= 0.6 is 11.3 Å². The Morgan fingerprint density at radius 2 is 2.04 bits per heavy atom. The maximum absolute atomic E-state index is 4.36. The van der Waals surface area contributed by atoms with E-state index in [-0.39, 0.29) is 0 Å². The van der Waals surface area contributed by atoms with Crippen LogP contribution in [0.2, 0.25) is 0 Å². The lowest BCUT2D eigenvalue weighted by Gasteiger charge is -2.60. The monoisotopic (exact) mass is 383 g/mol. The van der Waals surface area contributed by atoms with E-state index in [4.69, 9.17) is 0 Å². The minimum atomic E-state index is 0.516. The quantitative estimate of drug-likeness (QED) is 0.676. The van der Waals surface area contributed by atoms with Crippen molar-refractivity contribution < 1.29 is 0 Å². The molecule has 4 rings (SSSR count). The first-order valence-electron chi connectivity index (χ1n) is 10.3. The summed E-state index contributed by atoms with van der Waals surface area (Å²) in [7, 11) is 4.18. The molecular formula is C23H33N3S. The van der Waals surface area contributed by atoms with E-state index < -0.39 is 0 Å². The van der Waals surface area contributed by atoms with Crippen molar-refractivity contribution in [2.75, 3.05) is 39.0 Å². The van der Waals surface area contributed by atoms with E-state index in [2.05, 4.69) is 60.6 Å². The van der Waals surface area contributed by atoms with Gasteiger partial charge in [0.25, 0.3) is 0 Å². The molecule has 2 aliphatic carbocycles. The van der Waals surface area contributed by atoms with Crippen molar-refractivity contribution in [2.45, 2.75) is 38.5 Å². The van der Waals surface area contributed by atoms with Gasteiger partial charge in [0.05, 0.1) is 5.00 Å². The highest BCUT2D eigenvalue weighted by molar-refractivity contribution is 7.16. The number of aryl methyl sites for hydroxylation is 2.